The SMILES string of the molecule is CCCCCn1ccc(C(C)=O)n1. The maximum Gasteiger partial charge on any atom is 0.179 e. The number of carbonyl (C=O) groups excluding carboxylic acids is 1. The second kappa shape index (κ2) is 4.80. The molecular formula is C10H16N2O. The number of carbonyl (C=O) groups is 1. The number of hydrogen-bond donors (Lipinski definition) is 0. The Bertz CT molecular complexity index is 278. The van der Waals surface area contributed by atoms with Gasteiger partial charge in [-0.15, -0.1) is 0 Å². The average Bonchev–Trinajstić information content (AvgIpc) is 2.53. The fourth-order valence-electron chi connectivity index (χ4n) is 1.20. The van der Waals surface area contributed by atoms with Crippen LogP contribution in [-0.2, 0) is 6.54 Å². The van der Waals surface area contributed by atoms with Crippen molar-refractivity contribution in [3.05, 3.63) is 18.0 Å². The third kappa shape index (κ3) is 3.01. The molecule has 0 N–H and O–H groups in total. The zero-order chi connectivity index (χ0) is 9.68. The van der Waals surface area contributed by atoms with Gasteiger partial charge in [0.25, 0.3) is 0 Å². The highest BCUT2D eigenvalue weighted by Crippen LogP contribution is 2.00. The molecule has 1 heterocycles. The maximum absolute atomic E-state index is 10.9. The summed E-state index contributed by atoms with van der Waals surface area (Å²) in [4.78, 5) is 10.9. The van der Waals surface area contributed by atoms with Crippen molar-refractivity contribution in [1.82, 2.24) is 9.78 Å². The van der Waals surface area contributed by atoms with Crippen LogP contribution in [0, 0.1) is 0 Å². The highest BCUT2D eigenvalue weighted by molar-refractivity contribution is 5.91. The second-order valence-electron chi connectivity index (χ2n) is 3.23. The summed E-state index contributed by atoms with van der Waals surface area (Å²) >= 11 is 0. The zero-order valence-electron chi connectivity index (χ0n) is 8.29. The first kappa shape index (κ1) is 9.96. The van der Waals surface area contributed by atoms with Crippen LogP contribution < -0.4 is 0 Å². The van der Waals surface area contributed by atoms with Gasteiger partial charge in [-0.3, -0.25) is 9.48 Å². The standard InChI is InChI=1S/C10H16N2O/c1-3-4-5-7-12-8-6-10(11-12)9(2)13/h6,8H,3-5,7H2,1-2H3. The van der Waals surface area contributed by atoms with E-state index in [2.05, 4.69) is 12.0 Å². The molecule has 3 nitrogen and oxygen atoms in total. The zero-order valence-corrected chi connectivity index (χ0v) is 8.29. The van der Waals surface area contributed by atoms with Crippen molar-refractivity contribution in [3.63, 3.8) is 0 Å². The normalized spacial score (nSPS) is 10.3. The second-order valence-corrected chi connectivity index (χ2v) is 3.23. The van der Waals surface area contributed by atoms with E-state index in [0.717, 1.165) is 13.0 Å². The molecule has 1 aromatic rings. The molecule has 3 heteroatoms. The lowest BCUT2D eigenvalue weighted by Crippen LogP contribution is -2.01. The lowest BCUT2D eigenvalue weighted by atomic mass is 10.2. The van der Waals surface area contributed by atoms with Crippen LogP contribution in [0.2, 0.25) is 0 Å². The average molecular weight is 180 g/mol. The molecule has 1 aromatic heterocycles. The van der Waals surface area contributed by atoms with Gasteiger partial charge >= 0.3 is 0 Å². The Labute approximate surface area is 78.8 Å². The Balaban J connectivity index is 2.44. The molecule has 0 aromatic carbocycles. The monoisotopic (exact) mass is 180 g/mol. The molecule has 1 rings (SSSR count). The van der Waals surface area contributed by atoms with Crippen LogP contribution in [0.1, 0.15) is 43.6 Å². The summed E-state index contributed by atoms with van der Waals surface area (Å²) in [5.74, 6) is 0.0363. The van der Waals surface area contributed by atoms with Crippen LogP contribution in [0.15, 0.2) is 12.3 Å². The topological polar surface area (TPSA) is 34.9 Å². The fourth-order valence-corrected chi connectivity index (χ4v) is 1.20. The van der Waals surface area contributed by atoms with E-state index in [-0.39, 0.29) is 5.78 Å². The van der Waals surface area contributed by atoms with Crippen molar-refractivity contribution in [2.45, 2.75) is 39.7 Å². The quantitative estimate of drug-likeness (QED) is 0.514. The number of aromatic nitrogens is 2. The van der Waals surface area contributed by atoms with E-state index in [4.69, 9.17) is 0 Å². The van der Waals surface area contributed by atoms with E-state index in [1.807, 2.05) is 10.9 Å². The molecular weight excluding hydrogens is 164 g/mol. The predicted molar refractivity (Wildman–Crippen MR) is 51.8 cm³/mol. The van der Waals surface area contributed by atoms with Crippen LogP contribution in [-0.4, -0.2) is 15.6 Å². The molecule has 0 spiro atoms. The molecule has 0 radical (unpaired) electrons. The van der Waals surface area contributed by atoms with Crippen LogP contribution in [0.5, 0.6) is 0 Å². The van der Waals surface area contributed by atoms with Gasteiger partial charge in [0.15, 0.2) is 5.78 Å². The van der Waals surface area contributed by atoms with E-state index in [9.17, 15) is 4.79 Å². The molecule has 0 amide bonds. The molecule has 0 saturated heterocycles. The van der Waals surface area contributed by atoms with E-state index in [1.165, 1.54) is 12.8 Å². The van der Waals surface area contributed by atoms with Gasteiger partial charge < -0.3 is 0 Å². The number of hydrogen-bond acceptors (Lipinski definition) is 2. The number of Topliss-reactive ketones (excluding diaryl/α,β-unsaturated/α-hetero) is 1. The van der Waals surface area contributed by atoms with Crippen molar-refractivity contribution >= 4 is 5.78 Å². The predicted octanol–water partition coefficient (Wildman–Crippen LogP) is 2.28. The summed E-state index contributed by atoms with van der Waals surface area (Å²) in [6.07, 6.45) is 5.43. The van der Waals surface area contributed by atoms with Gasteiger partial charge in [-0.05, 0) is 12.5 Å². The molecule has 0 saturated carbocycles. The van der Waals surface area contributed by atoms with Gasteiger partial charge in [0, 0.05) is 19.7 Å². The van der Waals surface area contributed by atoms with Crippen LogP contribution in [0.3, 0.4) is 0 Å². The van der Waals surface area contributed by atoms with Crippen molar-refractivity contribution in [1.29, 1.82) is 0 Å². The number of aryl methyl sites for hydroxylation is 1. The first-order valence-corrected chi connectivity index (χ1v) is 4.78. The maximum atomic E-state index is 10.9. The molecule has 0 aliphatic carbocycles. The summed E-state index contributed by atoms with van der Waals surface area (Å²) < 4.78 is 1.84. The summed E-state index contributed by atoms with van der Waals surface area (Å²) in [5, 5.41) is 4.15. The van der Waals surface area contributed by atoms with E-state index in [1.54, 1.807) is 13.0 Å². The number of unbranched alkanes of at least 4 members (excludes halogenated alkanes) is 2. The van der Waals surface area contributed by atoms with E-state index in [0.29, 0.717) is 5.69 Å². The van der Waals surface area contributed by atoms with Crippen molar-refractivity contribution in [2.75, 3.05) is 0 Å². The number of nitrogens with zero attached hydrogens (tertiary/aromatic N) is 2. The summed E-state index contributed by atoms with van der Waals surface area (Å²) in [5.41, 5.74) is 0.566. The largest absolute Gasteiger partial charge is 0.293 e. The van der Waals surface area contributed by atoms with Crippen molar-refractivity contribution in [3.8, 4) is 0 Å². The molecule has 0 aliphatic heterocycles. The van der Waals surface area contributed by atoms with Gasteiger partial charge in [0.2, 0.25) is 0 Å². The molecule has 0 fully saturated rings. The Kier molecular flexibility index (Phi) is 3.68. The fraction of sp³-hybridized carbons (Fsp3) is 0.600. The van der Waals surface area contributed by atoms with Crippen molar-refractivity contribution in [2.24, 2.45) is 0 Å². The molecule has 0 aliphatic rings. The van der Waals surface area contributed by atoms with Gasteiger partial charge in [0.05, 0.1) is 0 Å². The van der Waals surface area contributed by atoms with Crippen LogP contribution >= 0.6 is 0 Å². The minimum atomic E-state index is 0.0363. The van der Waals surface area contributed by atoms with Crippen LogP contribution in [0.4, 0.5) is 0 Å². The minimum Gasteiger partial charge on any atom is -0.293 e. The van der Waals surface area contributed by atoms with Gasteiger partial charge in [0.1, 0.15) is 5.69 Å². The Morgan fingerprint density at radius 3 is 2.85 bits per heavy atom. The van der Waals surface area contributed by atoms with E-state index >= 15 is 0 Å². The molecule has 13 heavy (non-hydrogen) atoms. The molecule has 0 unspecified atom stereocenters. The molecule has 0 bridgehead atoms. The Hall–Kier alpha value is -1.12. The van der Waals surface area contributed by atoms with Gasteiger partial charge in [-0.1, -0.05) is 19.8 Å². The summed E-state index contributed by atoms with van der Waals surface area (Å²) in [7, 11) is 0. The third-order valence-corrected chi connectivity index (χ3v) is 1.99. The molecule has 72 valence electrons. The smallest absolute Gasteiger partial charge is 0.179 e. The minimum absolute atomic E-state index is 0.0363. The lowest BCUT2D eigenvalue weighted by molar-refractivity contribution is 0.101. The Morgan fingerprint density at radius 2 is 2.31 bits per heavy atom. The first-order chi connectivity index (χ1) is 6.24. The Morgan fingerprint density at radius 1 is 1.54 bits per heavy atom. The lowest BCUT2D eigenvalue weighted by Gasteiger charge is -1.98. The van der Waals surface area contributed by atoms with E-state index < -0.39 is 0 Å². The summed E-state index contributed by atoms with van der Waals surface area (Å²) in [6, 6.07) is 1.77. The van der Waals surface area contributed by atoms with Gasteiger partial charge in [-0.25, -0.2) is 0 Å². The number of ketones is 1. The van der Waals surface area contributed by atoms with Crippen LogP contribution in [0.25, 0.3) is 0 Å². The summed E-state index contributed by atoms with van der Waals surface area (Å²) in [6.45, 7) is 4.63. The first-order valence-electron chi connectivity index (χ1n) is 4.78. The van der Waals surface area contributed by atoms with Crippen molar-refractivity contribution < 1.29 is 4.79 Å². The van der Waals surface area contributed by atoms with Gasteiger partial charge in [-0.2, -0.15) is 5.10 Å². The highest BCUT2D eigenvalue weighted by atomic mass is 16.1. The highest BCUT2D eigenvalue weighted by Gasteiger charge is 2.02. The molecule has 0 atom stereocenters. The number of rotatable bonds is 5. The third-order valence-electron chi connectivity index (χ3n) is 1.99.